The van der Waals surface area contributed by atoms with Crippen molar-refractivity contribution < 1.29 is 23.5 Å². The van der Waals surface area contributed by atoms with Gasteiger partial charge in [0, 0.05) is 23.5 Å². The molecule has 0 aliphatic carbocycles. The predicted octanol–water partition coefficient (Wildman–Crippen LogP) is 4.80. The molecule has 180 valence electrons. The Kier molecular flexibility index (Phi) is 7.57. The third kappa shape index (κ3) is 5.12. The first-order valence-corrected chi connectivity index (χ1v) is 12.4. The van der Waals surface area contributed by atoms with Crippen molar-refractivity contribution in [3.8, 4) is 11.5 Å². The first-order valence-electron chi connectivity index (χ1n) is 11.5. The lowest BCUT2D eigenvalue weighted by Gasteiger charge is -2.38. The fourth-order valence-corrected chi connectivity index (χ4v) is 5.10. The van der Waals surface area contributed by atoms with Crippen molar-refractivity contribution in [3.05, 3.63) is 70.3 Å². The van der Waals surface area contributed by atoms with E-state index in [0.717, 1.165) is 18.4 Å². The molecule has 4 rings (SSSR count). The van der Waals surface area contributed by atoms with Gasteiger partial charge in [0.25, 0.3) is 5.91 Å². The Hall–Kier alpha value is -3.26. The first kappa shape index (κ1) is 23.9. The summed E-state index contributed by atoms with van der Waals surface area (Å²) in [7, 11) is 1.62. The Bertz CT molecular complexity index is 1110. The van der Waals surface area contributed by atoms with Crippen LogP contribution in [0.15, 0.2) is 58.5 Å². The van der Waals surface area contributed by atoms with Gasteiger partial charge in [0.15, 0.2) is 5.76 Å². The lowest BCUT2D eigenvalue weighted by molar-refractivity contribution is -0.136. The molecule has 3 heterocycles. The van der Waals surface area contributed by atoms with Crippen molar-refractivity contribution in [2.75, 3.05) is 26.8 Å². The number of carbonyl (C=O) groups excluding carboxylic acids is 2. The van der Waals surface area contributed by atoms with Crippen LogP contribution in [-0.2, 0) is 11.2 Å². The highest BCUT2D eigenvalue weighted by Gasteiger charge is 2.34. The summed E-state index contributed by atoms with van der Waals surface area (Å²) >= 11 is 1.71. The molecule has 2 unspecified atom stereocenters. The number of furan rings is 1. The lowest BCUT2D eigenvalue weighted by Crippen LogP contribution is -2.49. The average molecular weight is 483 g/mol. The summed E-state index contributed by atoms with van der Waals surface area (Å²) in [6, 6.07) is 12.5. The third-order valence-corrected chi connectivity index (χ3v) is 7.28. The number of rotatable bonds is 9. The van der Waals surface area contributed by atoms with Gasteiger partial charge in [0.2, 0.25) is 5.91 Å². The molecule has 0 spiro atoms. The summed E-state index contributed by atoms with van der Waals surface area (Å²) in [6.07, 6.45) is 3.00. The summed E-state index contributed by atoms with van der Waals surface area (Å²) in [5, 5.41) is 2.06. The molecule has 0 bridgehead atoms. The minimum atomic E-state index is -0.273. The zero-order chi connectivity index (χ0) is 24.1. The van der Waals surface area contributed by atoms with Crippen LogP contribution in [0.3, 0.4) is 0 Å². The quantitative estimate of drug-likeness (QED) is 0.438. The Morgan fingerprint density at radius 3 is 2.79 bits per heavy atom. The van der Waals surface area contributed by atoms with Gasteiger partial charge in [0.05, 0.1) is 19.4 Å². The normalized spacial score (nSPS) is 16.0. The van der Waals surface area contributed by atoms with Crippen LogP contribution >= 0.6 is 11.3 Å². The highest BCUT2D eigenvalue weighted by atomic mass is 32.1. The molecule has 0 saturated carbocycles. The van der Waals surface area contributed by atoms with Gasteiger partial charge in [-0.25, -0.2) is 0 Å². The Morgan fingerprint density at radius 1 is 1.24 bits per heavy atom. The van der Waals surface area contributed by atoms with Crippen LogP contribution in [0.1, 0.15) is 47.3 Å². The highest BCUT2D eigenvalue weighted by Crippen LogP contribution is 2.34. The van der Waals surface area contributed by atoms with E-state index in [-0.39, 0.29) is 36.2 Å². The molecule has 2 aromatic heterocycles. The molecule has 0 saturated heterocycles. The van der Waals surface area contributed by atoms with Crippen molar-refractivity contribution in [2.45, 2.75) is 38.8 Å². The number of thiophene rings is 1. The van der Waals surface area contributed by atoms with E-state index in [0.29, 0.717) is 24.7 Å². The molecule has 8 heteroatoms. The molecule has 0 radical (unpaired) electrons. The minimum Gasteiger partial charge on any atom is -0.497 e. The van der Waals surface area contributed by atoms with Gasteiger partial charge in [-0.05, 0) is 61.0 Å². The molecule has 1 aliphatic rings. The van der Waals surface area contributed by atoms with Gasteiger partial charge in [0.1, 0.15) is 24.7 Å². The van der Waals surface area contributed by atoms with Crippen LogP contribution in [0, 0.1) is 0 Å². The van der Waals surface area contributed by atoms with Crippen molar-refractivity contribution in [2.24, 2.45) is 0 Å². The fraction of sp³-hybridized carbons (Fsp3) is 0.385. The van der Waals surface area contributed by atoms with Crippen LogP contribution in [0.25, 0.3) is 0 Å². The number of benzene rings is 1. The largest absolute Gasteiger partial charge is 0.497 e. The molecule has 34 heavy (non-hydrogen) atoms. The number of amides is 2. The second-order valence-electron chi connectivity index (χ2n) is 8.31. The lowest BCUT2D eigenvalue weighted by atomic mass is 10.00. The van der Waals surface area contributed by atoms with E-state index in [9.17, 15) is 9.59 Å². The number of nitrogens with zero attached hydrogens (tertiary/aromatic N) is 2. The Morgan fingerprint density at radius 2 is 2.06 bits per heavy atom. The van der Waals surface area contributed by atoms with Crippen LogP contribution < -0.4 is 9.47 Å². The molecule has 2 amide bonds. The monoisotopic (exact) mass is 482 g/mol. The maximum atomic E-state index is 13.6. The van der Waals surface area contributed by atoms with Gasteiger partial charge in [-0.15, -0.1) is 11.3 Å². The summed E-state index contributed by atoms with van der Waals surface area (Å²) in [6.45, 7) is 4.84. The van der Waals surface area contributed by atoms with Gasteiger partial charge >= 0.3 is 0 Å². The van der Waals surface area contributed by atoms with Gasteiger partial charge in [-0.2, -0.15) is 0 Å². The number of carbonyl (C=O) groups is 2. The Labute approximate surface area is 203 Å². The number of hydrogen-bond donors (Lipinski definition) is 0. The molecule has 0 N–H and O–H groups in total. The molecule has 0 fully saturated rings. The second kappa shape index (κ2) is 10.8. The van der Waals surface area contributed by atoms with E-state index in [4.69, 9.17) is 13.9 Å². The van der Waals surface area contributed by atoms with Gasteiger partial charge in [-0.3, -0.25) is 9.59 Å². The number of hydrogen-bond acceptors (Lipinski definition) is 6. The van der Waals surface area contributed by atoms with E-state index in [1.807, 2.05) is 43.0 Å². The van der Waals surface area contributed by atoms with Crippen LogP contribution in [0.5, 0.6) is 11.5 Å². The smallest absolute Gasteiger partial charge is 0.290 e. The third-order valence-electron chi connectivity index (χ3n) is 6.29. The van der Waals surface area contributed by atoms with E-state index >= 15 is 0 Å². The van der Waals surface area contributed by atoms with Crippen molar-refractivity contribution in [3.63, 3.8) is 0 Å². The minimum absolute atomic E-state index is 0.0102. The number of fused-ring (bicyclic) bond motifs is 1. The van der Waals surface area contributed by atoms with Crippen LogP contribution in [-0.4, -0.2) is 54.5 Å². The van der Waals surface area contributed by atoms with Crippen LogP contribution in [0.4, 0.5) is 0 Å². The maximum absolute atomic E-state index is 13.6. The number of ether oxygens (including phenoxy) is 2. The highest BCUT2D eigenvalue weighted by molar-refractivity contribution is 7.10. The molecule has 1 aromatic carbocycles. The van der Waals surface area contributed by atoms with E-state index in [1.54, 1.807) is 35.5 Å². The van der Waals surface area contributed by atoms with E-state index < -0.39 is 0 Å². The van der Waals surface area contributed by atoms with Gasteiger partial charge < -0.3 is 23.7 Å². The zero-order valence-electron chi connectivity index (χ0n) is 19.7. The summed E-state index contributed by atoms with van der Waals surface area (Å²) in [5.74, 6) is 1.26. The van der Waals surface area contributed by atoms with Crippen molar-refractivity contribution >= 4 is 23.2 Å². The molecule has 1 aliphatic heterocycles. The zero-order valence-corrected chi connectivity index (χ0v) is 20.5. The molecule has 3 aromatic rings. The van der Waals surface area contributed by atoms with E-state index in [1.165, 1.54) is 11.1 Å². The van der Waals surface area contributed by atoms with Crippen LogP contribution in [0.2, 0.25) is 0 Å². The summed E-state index contributed by atoms with van der Waals surface area (Å²) in [5.41, 5.74) is 1.11. The summed E-state index contributed by atoms with van der Waals surface area (Å²) in [4.78, 5) is 31.4. The maximum Gasteiger partial charge on any atom is 0.290 e. The first-order chi connectivity index (χ1) is 16.5. The predicted molar refractivity (Wildman–Crippen MR) is 130 cm³/mol. The molecular weight excluding hydrogens is 452 g/mol. The molecule has 2 atom stereocenters. The number of methoxy groups -OCH3 is 1. The standard InChI is InChI=1S/C26H30N2O5S/c1-4-18(2)28(26(30)23-9-6-13-32-23)16-25(29)27-12-10-24-21(11-14-34-24)22(27)17-33-20-8-5-7-19(15-20)31-3/h5-9,11,13-15,18,22H,4,10,12,16-17H2,1-3H3. The Balaban J connectivity index is 1.53. The molecule has 7 nitrogen and oxygen atoms in total. The van der Waals surface area contributed by atoms with Gasteiger partial charge in [-0.1, -0.05) is 13.0 Å². The average Bonchev–Trinajstić information content (AvgIpc) is 3.57. The summed E-state index contributed by atoms with van der Waals surface area (Å²) < 4.78 is 16.7. The SMILES string of the molecule is CCC(C)N(CC(=O)N1CCc2sccc2C1COc1cccc(OC)c1)C(=O)c1ccco1. The molecular formula is C26H30N2O5S. The van der Waals surface area contributed by atoms with Crippen molar-refractivity contribution in [1.82, 2.24) is 9.80 Å². The fourth-order valence-electron chi connectivity index (χ4n) is 4.17. The second-order valence-corrected chi connectivity index (χ2v) is 9.31. The van der Waals surface area contributed by atoms with Crippen molar-refractivity contribution in [1.29, 1.82) is 0 Å². The van der Waals surface area contributed by atoms with E-state index in [2.05, 4.69) is 11.4 Å². The topological polar surface area (TPSA) is 72.2 Å².